The van der Waals surface area contributed by atoms with Crippen LogP contribution in [0.15, 0.2) is 48.3 Å². The number of methoxy groups -OCH3 is 8. The molecule has 12 rings (SSSR count). The summed E-state index contributed by atoms with van der Waals surface area (Å²) in [6, 6.07) is -34.9. The molecule has 0 spiro atoms. The van der Waals surface area contributed by atoms with Crippen LogP contribution in [-0.4, -0.2) is 201 Å². The van der Waals surface area contributed by atoms with E-state index < -0.39 is 445 Å². The molecule has 8 N–H and O–H groups in total. The molecular weight excluding hydrogens is 1520 g/mol. The Kier molecular flexibility index (Phi) is 13.9. The van der Waals surface area contributed by atoms with E-state index >= 15 is 0 Å². The van der Waals surface area contributed by atoms with E-state index in [0.717, 1.165) is 28.4 Å². The van der Waals surface area contributed by atoms with E-state index in [-0.39, 0.29) is 59.2 Å². The lowest BCUT2D eigenvalue weighted by Crippen LogP contribution is -2.51. The van der Waals surface area contributed by atoms with E-state index in [0.29, 0.717) is 19.6 Å². The second-order valence-electron chi connectivity index (χ2n) is 29.0. The summed E-state index contributed by atoms with van der Waals surface area (Å²) in [6.45, 7) is -35.0. The normalized spacial score (nSPS) is 45.6. The molecule has 16 atom stereocenters. The summed E-state index contributed by atoms with van der Waals surface area (Å²) in [7, 11) is 0.170. The number of ether oxygens (including phenoxy) is 12. The number of esters is 4. The number of rotatable bonds is 28. The van der Waals surface area contributed by atoms with Gasteiger partial charge in [0.05, 0.1) is 89.6 Å². The van der Waals surface area contributed by atoms with Crippen LogP contribution in [0.1, 0.15) is 329 Å². The lowest BCUT2D eigenvalue weighted by Gasteiger charge is -2.47. The number of benzene rings is 4. The molecule has 0 amide bonds. The molecule has 8 aliphatic heterocycles. The number of carbonyl (C=O) groups excluding carboxylic acids is 4. The van der Waals surface area contributed by atoms with Crippen LogP contribution in [0.2, 0.25) is 0 Å². The fraction of sp³-hybridized carbons (Fsp3) is 0.708. The van der Waals surface area contributed by atoms with Gasteiger partial charge in [-0.3, -0.25) is 38.8 Å². The third-order valence-corrected chi connectivity index (χ3v) is 18.4. The molecule has 120 heavy (non-hydrogen) atoms. The molecular formula is C96H152N8O16. The second-order valence-corrected chi connectivity index (χ2v) is 29.0. The van der Waals surface area contributed by atoms with E-state index in [9.17, 15) is 49.3 Å². The summed E-state index contributed by atoms with van der Waals surface area (Å²) < 4.78 is 671. The number of nitrogens with zero attached hydrogens (tertiary/aromatic N) is 4. The standard InChI is InChI=1S/4C24H38N2O4/c4*1-14(2)9-17-13-26-8-7-16-10-21(28-5)22(29-6)11-18(16)19(26)12-20(17)30-24(27)23(25)15(3)4/h4*10-11,14-15,17,19-20,23H,7-9,12-13,25H2,1-6H3/t4*17?,19?,20?,23-/m0000/s1/i3D3,4D3,5D3,10D,11D,12D2,13D2,15D,17D,19D,20D,23D;3D3,4D3,10D,11D,12D2,13D2,15D,17D,19D,20D,23D;3D3,4D3,5D3,10D,11D,12D2,13D2,15D,17D,19D,23D;3D3,4D3,10D,11D,12D2,13D2,15D,17D,19D,23D. The van der Waals surface area contributed by atoms with E-state index in [1.165, 1.54) is 55.8 Å². The molecule has 8 aliphatic rings. The minimum atomic E-state index is -4.20. The van der Waals surface area contributed by atoms with Crippen molar-refractivity contribution in [2.24, 2.45) is 93.8 Å². The zero-order valence-electron chi connectivity index (χ0n) is 141. The van der Waals surface area contributed by atoms with E-state index in [1.54, 1.807) is 13.8 Å². The van der Waals surface area contributed by atoms with Crippen molar-refractivity contribution in [2.45, 2.75) is 260 Å². The van der Waals surface area contributed by atoms with Gasteiger partial charge in [0.1, 0.15) is 48.4 Å². The third-order valence-electron chi connectivity index (χ3n) is 18.4. The van der Waals surface area contributed by atoms with Gasteiger partial charge in [-0.05, 0) is 191 Å². The maximum absolute atomic E-state index is 13.8. The first kappa shape index (κ1) is 38.0. The van der Waals surface area contributed by atoms with Gasteiger partial charge in [-0.25, -0.2) is 0 Å². The fourth-order valence-electron chi connectivity index (χ4n) is 12.8. The van der Waals surface area contributed by atoms with Gasteiger partial charge < -0.3 is 79.8 Å². The van der Waals surface area contributed by atoms with E-state index in [2.05, 4.69) is 0 Å². The Morgan fingerprint density at radius 1 is 0.367 bits per heavy atom. The number of hydrogen-bond donors (Lipinski definition) is 4. The number of carbonyl (C=O) groups is 4. The summed E-state index contributed by atoms with van der Waals surface area (Å²) >= 11 is 0. The van der Waals surface area contributed by atoms with E-state index in [4.69, 9.17) is 148 Å². The minimum absolute atomic E-state index is 0.0800. The Balaban J connectivity index is 0.000000278. The molecule has 4 aromatic rings. The summed E-state index contributed by atoms with van der Waals surface area (Å²) in [6.07, 6.45) is -32.2. The van der Waals surface area contributed by atoms with Crippen molar-refractivity contribution in [1.29, 1.82) is 0 Å². The Bertz CT molecular complexity index is 7470. The van der Waals surface area contributed by atoms with Crippen LogP contribution in [0.5, 0.6) is 46.0 Å². The van der Waals surface area contributed by atoms with Crippen molar-refractivity contribution in [3.05, 3.63) is 92.8 Å². The fourth-order valence-corrected chi connectivity index (χ4v) is 12.8. The SMILES string of the molecule is [2H]c1c2c(c([2H])c(OC)c1OC([2H])([2H])[2H])C1([2H])N(CC2)C([2H])([2H])C([2H])(CC(C)C)C(OC(=O)[C@@]([2H])(N)C([2H])(C([2H])([2H])[2H])C([2H])([2H])[2H])C1([2H])[2H].[2H]c1c2c(c([2H])c(OC)c1OC([2H])([2H])[2H])C1([2H])N(CC2)C([2H])([2H])C([2H])(CC(C)C)C([2H])(OC(=O)[C@@]([2H])(N)C([2H])(C([2H])([2H])[2H])C([2H])([2H])[2H])C1([2H])[2H].[2H]c1c2c(c([2H])c(OC)c1OC)C1([2H])N(CC2)C([2H])([2H])C([2H])(CC(C)C)C(OC(=O)[C@@]([2H])(N)C([2H])(C([2H])([2H])[2H])C([2H])([2H])[2H])C1([2H])[2H].[2H]c1c2c(c([2H])c(OC)c1OC)C1([2H])N(CC2)C([2H])([2H])C([2H])(CC(C)C)C([2H])(OC(=O)[C@@]([2H])(N)C([2H])(C([2H])([2H])[2H])C([2H])([2H])[2H])C1([2H])[2H]. The van der Waals surface area contributed by atoms with Crippen LogP contribution >= 0.6 is 0 Å². The summed E-state index contributed by atoms with van der Waals surface area (Å²) in [5.74, 6) is -45.4. The quantitative estimate of drug-likeness (QED) is 0.0303. The molecule has 4 fully saturated rings. The first-order valence-electron chi connectivity index (χ1n) is 73.4. The molecule has 4 saturated heterocycles. The molecule has 0 radical (unpaired) electrons. The highest BCUT2D eigenvalue weighted by molar-refractivity contribution is 5.77. The predicted octanol–water partition coefficient (Wildman–Crippen LogP) is 14.3. The Morgan fingerprint density at radius 2 is 0.592 bits per heavy atom. The third kappa shape index (κ3) is 23.8. The van der Waals surface area contributed by atoms with Crippen molar-refractivity contribution in [1.82, 2.24) is 19.6 Å². The van der Waals surface area contributed by atoms with Crippen LogP contribution in [-0.2, 0) is 63.8 Å². The largest absolute Gasteiger partial charge is 0.493 e. The maximum atomic E-state index is 13.8. The van der Waals surface area contributed by atoms with Gasteiger partial charge in [-0.1, -0.05) is 110 Å². The summed E-state index contributed by atoms with van der Waals surface area (Å²) in [4.78, 5) is 57.2. The van der Waals surface area contributed by atoms with Crippen molar-refractivity contribution < 1.29 is 175 Å². The first-order valence-corrected chi connectivity index (χ1v) is 37.4. The van der Waals surface area contributed by atoms with Crippen molar-refractivity contribution in [3.8, 4) is 46.0 Å². The molecule has 4 aromatic carbocycles. The van der Waals surface area contributed by atoms with Crippen molar-refractivity contribution in [3.63, 3.8) is 0 Å². The van der Waals surface area contributed by atoms with Crippen LogP contribution in [0.3, 0.4) is 0 Å². The Labute approximate surface area is 819 Å². The molecule has 24 nitrogen and oxygen atoms in total. The van der Waals surface area contributed by atoms with Gasteiger partial charge in [0.2, 0.25) is 0 Å². The first-order chi connectivity index (χ1) is 85.0. The molecule has 0 bridgehead atoms. The molecule has 24 heteroatoms. The van der Waals surface area contributed by atoms with Crippen LogP contribution in [0, 0.1) is 70.8 Å². The summed E-state index contributed by atoms with van der Waals surface area (Å²) in [5.41, 5.74) is 18.9. The van der Waals surface area contributed by atoms with Gasteiger partial charge in [-0.15, -0.1) is 0 Å². The Hall–Kier alpha value is -7.16. The number of piperidine rings is 4. The highest BCUT2D eigenvalue weighted by atomic mass is 16.6. The minimum Gasteiger partial charge on any atom is -0.493 e. The lowest BCUT2D eigenvalue weighted by molar-refractivity contribution is -0.161. The molecule has 0 aromatic heterocycles. The molecule has 8 heterocycles. The van der Waals surface area contributed by atoms with Crippen molar-refractivity contribution in [2.75, 3.05) is 109 Å². The van der Waals surface area contributed by atoms with Gasteiger partial charge >= 0.3 is 23.9 Å². The zero-order chi connectivity index (χ0) is 151. The molecule has 0 saturated carbocycles. The highest BCUT2D eigenvalue weighted by Gasteiger charge is 2.47. The maximum Gasteiger partial charge on any atom is 0.323 e. The summed E-state index contributed by atoms with van der Waals surface area (Å²) in [5, 5.41) is 0. The van der Waals surface area contributed by atoms with Gasteiger partial charge in [-0.2, -0.15) is 0 Å². The average molecular weight is 1750 g/mol. The van der Waals surface area contributed by atoms with Gasteiger partial charge in [0, 0.05) is 191 Å². The van der Waals surface area contributed by atoms with Crippen LogP contribution < -0.4 is 60.8 Å². The van der Waals surface area contributed by atoms with Crippen LogP contribution in [0.25, 0.3) is 0 Å². The topological polar surface area (TPSA) is 296 Å². The number of fused-ring (bicyclic) bond motifs is 12. The predicted molar refractivity (Wildman–Crippen MR) is 471 cm³/mol. The van der Waals surface area contributed by atoms with Crippen molar-refractivity contribution >= 4 is 23.9 Å². The lowest BCUT2D eigenvalue weighted by atomic mass is 9.79. The average Bonchev–Trinajstić information content (AvgIpc) is 0.645. The zero-order valence-corrected chi connectivity index (χ0v) is 68.6. The molecule has 0 aliphatic carbocycles. The Morgan fingerprint density at radius 3 is 0.833 bits per heavy atom. The highest BCUT2D eigenvalue weighted by Crippen LogP contribution is 2.50. The van der Waals surface area contributed by atoms with Gasteiger partial charge in [0.15, 0.2) is 46.0 Å². The second kappa shape index (κ2) is 43.9. The monoisotopic (exact) mass is 1750 g/mol. The van der Waals surface area contributed by atoms with Gasteiger partial charge in [0.25, 0.3) is 0 Å². The van der Waals surface area contributed by atoms with Crippen LogP contribution in [0.4, 0.5) is 0 Å². The molecule has 12 unspecified atom stereocenters. The smallest absolute Gasteiger partial charge is 0.323 e. The number of hydrogen-bond acceptors (Lipinski definition) is 24. The van der Waals surface area contributed by atoms with E-state index in [1.807, 2.05) is 0 Å². The molecule has 672 valence electrons. The number of nitrogens with two attached hydrogens (primary N) is 4.